The first-order valence-electron chi connectivity index (χ1n) is 7.44. The maximum Gasteiger partial charge on any atom is 0.307 e. The van der Waals surface area contributed by atoms with Crippen LogP contribution in [0.4, 0.5) is 5.69 Å². The summed E-state index contributed by atoms with van der Waals surface area (Å²) in [7, 11) is 0. The lowest BCUT2D eigenvalue weighted by molar-refractivity contribution is -0.146. The number of carbonyl (C=O) groups is 2. The van der Waals surface area contributed by atoms with Gasteiger partial charge in [-0.1, -0.05) is 29.8 Å². The summed E-state index contributed by atoms with van der Waals surface area (Å²) in [6.07, 6.45) is 0.265. The molecule has 126 valence electrons. The molecule has 0 radical (unpaired) electrons. The van der Waals surface area contributed by atoms with Crippen LogP contribution < -0.4 is 5.32 Å². The molecule has 0 saturated carbocycles. The summed E-state index contributed by atoms with van der Waals surface area (Å²) in [5.74, 6) is -0.119. The number of hydrogen-bond acceptors (Lipinski definition) is 4. The molecule has 24 heavy (non-hydrogen) atoms. The lowest BCUT2D eigenvalue weighted by Crippen LogP contribution is -2.21. The van der Waals surface area contributed by atoms with E-state index in [4.69, 9.17) is 4.74 Å². The molecule has 0 aliphatic rings. The molecule has 0 aliphatic carbocycles. The van der Waals surface area contributed by atoms with Crippen molar-refractivity contribution in [2.24, 2.45) is 0 Å². The lowest BCUT2D eigenvalue weighted by Gasteiger charge is -2.08. The summed E-state index contributed by atoms with van der Waals surface area (Å²) in [6, 6.07) is 15.4. The molecule has 1 amide bonds. The standard InChI is InChI=1S/C18H18BrNO3S/c1-13-6-8-14(9-7-13)24-11-10-18(22)23-12-17(21)20-16-5-3-2-4-15(16)19/h2-9H,10-12H2,1H3,(H,20,21). The molecular formula is C18H18BrNO3S. The van der Waals surface area contributed by atoms with Crippen molar-refractivity contribution in [2.45, 2.75) is 18.2 Å². The summed E-state index contributed by atoms with van der Waals surface area (Å²) >= 11 is 4.93. The number of benzene rings is 2. The second kappa shape index (κ2) is 9.49. The monoisotopic (exact) mass is 407 g/mol. The Labute approximate surface area is 154 Å². The highest BCUT2D eigenvalue weighted by Crippen LogP contribution is 2.21. The van der Waals surface area contributed by atoms with E-state index in [1.54, 1.807) is 17.8 Å². The zero-order chi connectivity index (χ0) is 17.4. The molecule has 0 saturated heterocycles. The lowest BCUT2D eigenvalue weighted by atomic mass is 10.2. The van der Waals surface area contributed by atoms with Gasteiger partial charge in [0.25, 0.3) is 5.91 Å². The van der Waals surface area contributed by atoms with Crippen LogP contribution in [0, 0.1) is 6.92 Å². The summed E-state index contributed by atoms with van der Waals surface area (Å²) in [5, 5.41) is 2.68. The minimum absolute atomic E-state index is 0.265. The third-order valence-electron chi connectivity index (χ3n) is 3.11. The Morgan fingerprint density at radius 1 is 1.12 bits per heavy atom. The van der Waals surface area contributed by atoms with E-state index in [0.717, 1.165) is 9.37 Å². The van der Waals surface area contributed by atoms with Gasteiger partial charge in [-0.25, -0.2) is 0 Å². The quantitative estimate of drug-likeness (QED) is 0.544. The molecule has 0 unspecified atom stereocenters. The number of para-hydroxylation sites is 1. The maximum atomic E-state index is 11.8. The Hall–Kier alpha value is -1.79. The Balaban J connectivity index is 1.66. The third kappa shape index (κ3) is 6.37. The molecule has 0 fully saturated rings. The van der Waals surface area contributed by atoms with Gasteiger partial charge in [0.2, 0.25) is 0 Å². The molecule has 6 heteroatoms. The minimum atomic E-state index is -0.378. The second-order valence-corrected chi connectivity index (χ2v) is 7.12. The van der Waals surface area contributed by atoms with Crippen LogP contribution >= 0.6 is 27.7 Å². The molecule has 1 N–H and O–H groups in total. The van der Waals surface area contributed by atoms with Crippen molar-refractivity contribution in [3.8, 4) is 0 Å². The Bertz CT molecular complexity index is 704. The average molecular weight is 408 g/mol. The van der Waals surface area contributed by atoms with Crippen molar-refractivity contribution in [2.75, 3.05) is 17.7 Å². The number of ether oxygens (including phenoxy) is 1. The fourth-order valence-electron chi connectivity index (χ4n) is 1.85. The number of aryl methyl sites for hydroxylation is 1. The van der Waals surface area contributed by atoms with Crippen molar-refractivity contribution in [1.29, 1.82) is 0 Å². The van der Waals surface area contributed by atoms with E-state index in [0.29, 0.717) is 11.4 Å². The number of amides is 1. The van der Waals surface area contributed by atoms with E-state index in [-0.39, 0.29) is 24.9 Å². The van der Waals surface area contributed by atoms with Crippen LogP contribution in [-0.2, 0) is 14.3 Å². The highest BCUT2D eigenvalue weighted by Gasteiger charge is 2.09. The highest BCUT2D eigenvalue weighted by atomic mass is 79.9. The molecule has 2 aromatic rings. The predicted molar refractivity (Wildman–Crippen MR) is 100 cm³/mol. The largest absolute Gasteiger partial charge is 0.456 e. The number of rotatable bonds is 7. The van der Waals surface area contributed by atoms with Crippen molar-refractivity contribution in [1.82, 2.24) is 0 Å². The smallest absolute Gasteiger partial charge is 0.307 e. The van der Waals surface area contributed by atoms with Gasteiger partial charge in [0.05, 0.1) is 12.1 Å². The summed E-state index contributed by atoms with van der Waals surface area (Å²) in [5.41, 5.74) is 1.85. The summed E-state index contributed by atoms with van der Waals surface area (Å²) in [4.78, 5) is 24.6. The van der Waals surface area contributed by atoms with Gasteiger partial charge in [-0.2, -0.15) is 0 Å². The molecule has 0 spiro atoms. The minimum Gasteiger partial charge on any atom is -0.456 e. The topological polar surface area (TPSA) is 55.4 Å². The molecule has 0 aliphatic heterocycles. The first-order valence-corrected chi connectivity index (χ1v) is 9.22. The van der Waals surface area contributed by atoms with E-state index >= 15 is 0 Å². The van der Waals surface area contributed by atoms with Gasteiger partial charge >= 0.3 is 5.97 Å². The molecule has 0 heterocycles. The number of hydrogen-bond donors (Lipinski definition) is 1. The fourth-order valence-corrected chi connectivity index (χ4v) is 3.07. The van der Waals surface area contributed by atoms with E-state index in [1.165, 1.54) is 5.56 Å². The van der Waals surface area contributed by atoms with Gasteiger partial charge in [-0.15, -0.1) is 11.8 Å². The molecule has 4 nitrogen and oxygen atoms in total. The number of esters is 1. The van der Waals surface area contributed by atoms with Crippen LogP contribution in [0.3, 0.4) is 0 Å². The fraction of sp³-hybridized carbons (Fsp3) is 0.222. The number of thioether (sulfide) groups is 1. The van der Waals surface area contributed by atoms with E-state index in [1.807, 2.05) is 49.4 Å². The molecular weight excluding hydrogens is 390 g/mol. The summed E-state index contributed by atoms with van der Waals surface area (Å²) < 4.78 is 5.77. The number of nitrogens with one attached hydrogen (secondary N) is 1. The first kappa shape index (κ1) is 18.5. The Morgan fingerprint density at radius 2 is 1.83 bits per heavy atom. The maximum absolute atomic E-state index is 11.8. The van der Waals surface area contributed by atoms with E-state index in [2.05, 4.69) is 21.2 Å². The zero-order valence-electron chi connectivity index (χ0n) is 13.3. The van der Waals surface area contributed by atoms with Crippen molar-refractivity contribution < 1.29 is 14.3 Å². The summed E-state index contributed by atoms with van der Waals surface area (Å²) in [6.45, 7) is 1.75. The van der Waals surface area contributed by atoms with Crippen LogP contribution in [0.15, 0.2) is 57.9 Å². The molecule has 2 aromatic carbocycles. The first-order chi connectivity index (χ1) is 11.5. The number of anilines is 1. The average Bonchev–Trinajstić information content (AvgIpc) is 2.57. The normalized spacial score (nSPS) is 10.2. The predicted octanol–water partition coefficient (Wildman–Crippen LogP) is 4.42. The van der Waals surface area contributed by atoms with Gasteiger partial charge in [0.1, 0.15) is 0 Å². The molecule has 0 atom stereocenters. The second-order valence-electron chi connectivity index (χ2n) is 5.10. The van der Waals surface area contributed by atoms with Gasteiger partial charge in [-0.3, -0.25) is 9.59 Å². The Morgan fingerprint density at radius 3 is 2.54 bits per heavy atom. The number of carbonyl (C=O) groups excluding carboxylic acids is 2. The van der Waals surface area contributed by atoms with Crippen molar-refractivity contribution in [3.05, 3.63) is 58.6 Å². The highest BCUT2D eigenvalue weighted by molar-refractivity contribution is 9.10. The van der Waals surface area contributed by atoms with Crippen LogP contribution in [0.1, 0.15) is 12.0 Å². The van der Waals surface area contributed by atoms with E-state index < -0.39 is 0 Å². The zero-order valence-corrected chi connectivity index (χ0v) is 15.7. The van der Waals surface area contributed by atoms with Gasteiger partial charge in [0, 0.05) is 15.1 Å². The van der Waals surface area contributed by atoms with Crippen molar-refractivity contribution in [3.63, 3.8) is 0 Å². The van der Waals surface area contributed by atoms with Crippen LogP contribution in [-0.4, -0.2) is 24.2 Å². The van der Waals surface area contributed by atoms with Gasteiger partial charge in [0.15, 0.2) is 6.61 Å². The van der Waals surface area contributed by atoms with Gasteiger partial charge < -0.3 is 10.1 Å². The Kier molecular flexibility index (Phi) is 7.34. The third-order valence-corrected chi connectivity index (χ3v) is 4.81. The van der Waals surface area contributed by atoms with Gasteiger partial charge in [-0.05, 0) is 47.1 Å². The van der Waals surface area contributed by atoms with E-state index in [9.17, 15) is 9.59 Å². The van der Waals surface area contributed by atoms with Crippen molar-refractivity contribution >= 4 is 45.3 Å². The molecule has 2 rings (SSSR count). The molecule has 0 aromatic heterocycles. The van der Waals surface area contributed by atoms with Crippen LogP contribution in [0.25, 0.3) is 0 Å². The van der Waals surface area contributed by atoms with Crippen LogP contribution in [0.5, 0.6) is 0 Å². The molecule has 0 bridgehead atoms. The SMILES string of the molecule is Cc1ccc(SCCC(=O)OCC(=O)Nc2ccccc2Br)cc1. The van der Waals surface area contributed by atoms with Crippen LogP contribution in [0.2, 0.25) is 0 Å². The number of halogens is 1.